The van der Waals surface area contributed by atoms with Gasteiger partial charge in [0.05, 0.1) is 18.8 Å². The molecule has 0 fully saturated rings. The van der Waals surface area contributed by atoms with Gasteiger partial charge >= 0.3 is 6.18 Å². The fraction of sp³-hybridized carbons (Fsp3) is 0.545. The number of hydrogen-bond acceptors (Lipinski definition) is 4. The highest BCUT2D eigenvalue weighted by molar-refractivity contribution is 5.40. The maximum absolute atomic E-state index is 12.5. The van der Waals surface area contributed by atoms with E-state index >= 15 is 0 Å². The van der Waals surface area contributed by atoms with Crippen molar-refractivity contribution in [2.75, 3.05) is 38.3 Å². The Morgan fingerprint density at radius 3 is 2.72 bits per heavy atom. The van der Waals surface area contributed by atoms with Crippen molar-refractivity contribution < 1.29 is 17.9 Å². The van der Waals surface area contributed by atoms with E-state index in [1.54, 1.807) is 11.9 Å². The summed E-state index contributed by atoms with van der Waals surface area (Å²) in [6.45, 7) is 1.70. The molecule has 0 amide bonds. The van der Waals surface area contributed by atoms with Gasteiger partial charge in [0.25, 0.3) is 0 Å². The molecule has 0 spiro atoms. The minimum Gasteiger partial charge on any atom is -0.378 e. The van der Waals surface area contributed by atoms with Gasteiger partial charge in [-0.25, -0.2) is 4.98 Å². The highest BCUT2D eigenvalue weighted by atomic mass is 19.4. The van der Waals surface area contributed by atoms with Crippen LogP contribution in [0, 0.1) is 0 Å². The molecule has 1 rings (SSSR count). The van der Waals surface area contributed by atoms with E-state index in [2.05, 4.69) is 4.98 Å². The summed E-state index contributed by atoms with van der Waals surface area (Å²) in [4.78, 5) is 5.50. The van der Waals surface area contributed by atoms with Crippen molar-refractivity contribution in [3.05, 3.63) is 23.9 Å². The molecular formula is C11H16F3N3O. The van der Waals surface area contributed by atoms with Crippen LogP contribution in [0.3, 0.4) is 0 Å². The van der Waals surface area contributed by atoms with Crippen molar-refractivity contribution in [3.63, 3.8) is 0 Å². The first-order chi connectivity index (χ1) is 8.45. The predicted molar refractivity (Wildman–Crippen MR) is 62.4 cm³/mol. The van der Waals surface area contributed by atoms with Crippen LogP contribution in [0.2, 0.25) is 0 Å². The Morgan fingerprint density at radius 1 is 1.39 bits per heavy atom. The predicted octanol–water partition coefficient (Wildman–Crippen LogP) is 1.51. The third-order valence-corrected chi connectivity index (χ3v) is 2.30. The summed E-state index contributed by atoms with van der Waals surface area (Å²) >= 11 is 0. The number of anilines is 1. The lowest BCUT2D eigenvalue weighted by Gasteiger charge is -2.19. The molecule has 18 heavy (non-hydrogen) atoms. The molecule has 7 heteroatoms. The number of aromatic nitrogens is 1. The SMILES string of the molecule is CN(CCOCCN)c1cc(C(F)(F)F)ccn1. The van der Waals surface area contributed by atoms with E-state index in [1.165, 1.54) is 0 Å². The van der Waals surface area contributed by atoms with Gasteiger partial charge in [-0.3, -0.25) is 0 Å². The van der Waals surface area contributed by atoms with Gasteiger partial charge in [-0.15, -0.1) is 0 Å². The maximum atomic E-state index is 12.5. The van der Waals surface area contributed by atoms with Crippen molar-refractivity contribution >= 4 is 5.82 Å². The lowest BCUT2D eigenvalue weighted by atomic mass is 10.2. The first kappa shape index (κ1) is 14.7. The number of likely N-dealkylation sites (N-methyl/N-ethyl adjacent to an activating group) is 1. The second-order valence-corrected chi connectivity index (χ2v) is 3.72. The summed E-state index contributed by atoms with van der Waals surface area (Å²) in [6, 6.07) is 1.96. The molecule has 4 nitrogen and oxygen atoms in total. The Balaban J connectivity index is 2.60. The molecule has 0 bridgehead atoms. The van der Waals surface area contributed by atoms with Gasteiger partial charge in [-0.1, -0.05) is 0 Å². The number of ether oxygens (including phenoxy) is 1. The Morgan fingerprint density at radius 2 is 2.11 bits per heavy atom. The van der Waals surface area contributed by atoms with Crippen LogP contribution in [0.25, 0.3) is 0 Å². The molecule has 0 atom stereocenters. The third-order valence-electron chi connectivity index (χ3n) is 2.30. The topological polar surface area (TPSA) is 51.4 Å². The van der Waals surface area contributed by atoms with Crippen LogP contribution in [-0.4, -0.2) is 38.3 Å². The van der Waals surface area contributed by atoms with Crippen LogP contribution >= 0.6 is 0 Å². The number of alkyl halides is 3. The van der Waals surface area contributed by atoms with E-state index < -0.39 is 11.7 Å². The van der Waals surface area contributed by atoms with E-state index in [0.717, 1.165) is 18.3 Å². The number of halogens is 3. The number of rotatable bonds is 6. The molecule has 0 aliphatic carbocycles. The van der Waals surface area contributed by atoms with Gasteiger partial charge in [-0.05, 0) is 12.1 Å². The largest absolute Gasteiger partial charge is 0.416 e. The number of hydrogen-bond donors (Lipinski definition) is 1. The molecule has 0 saturated heterocycles. The Hall–Kier alpha value is -1.34. The van der Waals surface area contributed by atoms with Crippen LogP contribution in [0.15, 0.2) is 18.3 Å². The van der Waals surface area contributed by atoms with E-state index in [4.69, 9.17) is 10.5 Å². The zero-order valence-corrected chi connectivity index (χ0v) is 10.1. The maximum Gasteiger partial charge on any atom is 0.416 e. The van der Waals surface area contributed by atoms with Crippen LogP contribution in [0.1, 0.15) is 5.56 Å². The highest BCUT2D eigenvalue weighted by Gasteiger charge is 2.30. The number of nitrogens with two attached hydrogens (primary N) is 1. The van der Waals surface area contributed by atoms with Crippen molar-refractivity contribution in [2.24, 2.45) is 5.73 Å². The number of nitrogens with zero attached hydrogens (tertiary/aromatic N) is 2. The summed E-state index contributed by atoms with van der Waals surface area (Å²) < 4.78 is 42.7. The van der Waals surface area contributed by atoms with Crippen LogP contribution in [0.4, 0.5) is 19.0 Å². The van der Waals surface area contributed by atoms with E-state index in [9.17, 15) is 13.2 Å². The Labute approximate surface area is 104 Å². The molecule has 0 saturated carbocycles. The minimum absolute atomic E-state index is 0.265. The molecule has 0 aliphatic rings. The lowest BCUT2D eigenvalue weighted by molar-refractivity contribution is -0.137. The van der Waals surface area contributed by atoms with Crippen LogP contribution < -0.4 is 10.6 Å². The standard InChI is InChI=1S/C11H16F3N3O/c1-17(5-7-18-6-3-15)10-8-9(2-4-16-10)11(12,13)14/h2,4,8H,3,5-7,15H2,1H3. The molecule has 2 N–H and O–H groups in total. The minimum atomic E-state index is -4.35. The molecule has 1 heterocycles. The van der Waals surface area contributed by atoms with Gasteiger partial charge in [-0.2, -0.15) is 13.2 Å². The highest BCUT2D eigenvalue weighted by Crippen LogP contribution is 2.30. The first-order valence-corrected chi connectivity index (χ1v) is 5.47. The second-order valence-electron chi connectivity index (χ2n) is 3.72. The smallest absolute Gasteiger partial charge is 0.378 e. The van der Waals surface area contributed by atoms with E-state index in [0.29, 0.717) is 26.3 Å². The molecule has 1 aromatic heterocycles. The van der Waals surface area contributed by atoms with Gasteiger partial charge in [0.15, 0.2) is 0 Å². The van der Waals surface area contributed by atoms with Crippen molar-refractivity contribution in [2.45, 2.75) is 6.18 Å². The normalized spacial score (nSPS) is 11.6. The van der Waals surface area contributed by atoms with Crippen LogP contribution in [-0.2, 0) is 10.9 Å². The molecule has 0 unspecified atom stereocenters. The zero-order valence-electron chi connectivity index (χ0n) is 10.1. The lowest BCUT2D eigenvalue weighted by Crippen LogP contribution is -2.25. The second kappa shape index (κ2) is 6.55. The average Bonchev–Trinajstić information content (AvgIpc) is 2.33. The summed E-state index contributed by atoms with van der Waals surface area (Å²) in [7, 11) is 1.66. The molecule has 0 aromatic carbocycles. The quantitative estimate of drug-likeness (QED) is 0.790. The molecule has 102 valence electrons. The van der Waals surface area contributed by atoms with Crippen molar-refractivity contribution in [3.8, 4) is 0 Å². The Kier molecular flexibility index (Phi) is 5.36. The molecule has 1 aromatic rings. The van der Waals surface area contributed by atoms with Gasteiger partial charge in [0, 0.05) is 26.3 Å². The number of pyridine rings is 1. The van der Waals surface area contributed by atoms with Crippen molar-refractivity contribution in [1.29, 1.82) is 0 Å². The third kappa shape index (κ3) is 4.50. The monoisotopic (exact) mass is 263 g/mol. The van der Waals surface area contributed by atoms with Crippen molar-refractivity contribution in [1.82, 2.24) is 4.98 Å². The van der Waals surface area contributed by atoms with Crippen LogP contribution in [0.5, 0.6) is 0 Å². The van der Waals surface area contributed by atoms with Gasteiger partial charge in [0.2, 0.25) is 0 Å². The van der Waals surface area contributed by atoms with E-state index in [1.807, 2.05) is 0 Å². The molecular weight excluding hydrogens is 247 g/mol. The summed E-state index contributed by atoms with van der Waals surface area (Å²) in [6.07, 6.45) is -3.20. The summed E-state index contributed by atoms with van der Waals surface area (Å²) in [5, 5.41) is 0. The van der Waals surface area contributed by atoms with Gasteiger partial charge in [0.1, 0.15) is 5.82 Å². The summed E-state index contributed by atoms with van der Waals surface area (Å²) in [5.74, 6) is 0.265. The average molecular weight is 263 g/mol. The fourth-order valence-electron chi connectivity index (χ4n) is 1.30. The Bertz CT molecular complexity index is 371. The first-order valence-electron chi connectivity index (χ1n) is 5.47. The van der Waals surface area contributed by atoms with E-state index in [-0.39, 0.29) is 5.82 Å². The fourth-order valence-corrected chi connectivity index (χ4v) is 1.30. The van der Waals surface area contributed by atoms with Gasteiger partial charge < -0.3 is 15.4 Å². The summed E-state index contributed by atoms with van der Waals surface area (Å²) in [5.41, 5.74) is 4.54. The molecule has 0 radical (unpaired) electrons. The zero-order chi connectivity index (χ0) is 13.6. The molecule has 0 aliphatic heterocycles.